The van der Waals surface area contributed by atoms with Crippen molar-refractivity contribution < 1.29 is 23.4 Å². The molecule has 0 saturated carbocycles. The summed E-state index contributed by atoms with van der Waals surface area (Å²) in [5.74, 6) is -3.04. The molecule has 0 spiro atoms. The minimum Gasteiger partial charge on any atom is -0.396 e. The Kier molecular flexibility index (Phi) is 7.25. The van der Waals surface area contributed by atoms with Crippen LogP contribution in [0.2, 0.25) is 10.0 Å². The van der Waals surface area contributed by atoms with Crippen LogP contribution in [-0.4, -0.2) is 42.9 Å². The van der Waals surface area contributed by atoms with Gasteiger partial charge in [0.1, 0.15) is 0 Å². The van der Waals surface area contributed by atoms with Crippen molar-refractivity contribution in [1.29, 1.82) is 0 Å². The minimum absolute atomic E-state index is 0.0219. The van der Waals surface area contributed by atoms with E-state index < -0.39 is 30.5 Å². The van der Waals surface area contributed by atoms with E-state index in [1.165, 1.54) is 6.07 Å². The van der Waals surface area contributed by atoms with Gasteiger partial charge in [-0.15, -0.1) is 0 Å². The lowest BCUT2D eigenvalue weighted by atomic mass is 10.0. The van der Waals surface area contributed by atoms with E-state index in [1.54, 1.807) is 12.1 Å². The summed E-state index contributed by atoms with van der Waals surface area (Å²) in [7, 11) is 0. The maximum atomic E-state index is 14.0. The van der Waals surface area contributed by atoms with Gasteiger partial charge in [-0.3, -0.25) is 0 Å². The number of halogens is 4. The average molecular weight is 397 g/mol. The molecular formula is C16H20Cl2F2N2O3. The van der Waals surface area contributed by atoms with Crippen LogP contribution in [0.4, 0.5) is 13.6 Å². The van der Waals surface area contributed by atoms with Gasteiger partial charge >= 0.3 is 6.03 Å². The van der Waals surface area contributed by atoms with Crippen LogP contribution in [0.3, 0.4) is 0 Å². The van der Waals surface area contributed by atoms with Gasteiger partial charge < -0.3 is 20.5 Å². The Labute approximate surface area is 154 Å². The third-order valence-corrected chi connectivity index (χ3v) is 4.39. The number of carbonyl (C=O) groups is 1. The Morgan fingerprint density at radius 3 is 2.64 bits per heavy atom. The summed E-state index contributed by atoms with van der Waals surface area (Å²) in [4.78, 5) is 12.2. The zero-order valence-corrected chi connectivity index (χ0v) is 14.9. The van der Waals surface area contributed by atoms with Crippen LogP contribution in [0.15, 0.2) is 18.2 Å². The first-order valence-corrected chi connectivity index (χ1v) is 8.67. The van der Waals surface area contributed by atoms with Crippen molar-refractivity contribution >= 4 is 29.2 Å². The number of alkyl halides is 2. The molecule has 0 aromatic heterocycles. The molecule has 2 rings (SSSR count). The maximum Gasteiger partial charge on any atom is 0.315 e. The molecule has 1 aliphatic rings. The fourth-order valence-electron chi connectivity index (χ4n) is 2.66. The number of aliphatic hydroxyl groups is 1. The van der Waals surface area contributed by atoms with Crippen molar-refractivity contribution in [3.05, 3.63) is 33.8 Å². The first kappa shape index (κ1) is 20.2. The Morgan fingerprint density at radius 2 is 2.00 bits per heavy atom. The zero-order valence-electron chi connectivity index (χ0n) is 13.4. The Hall–Kier alpha value is -1.15. The lowest BCUT2D eigenvalue weighted by molar-refractivity contribution is -0.0406. The SMILES string of the molecule is O=C(NC(CCO)c1cc(Cl)cc(Cl)c1)NC1CCOCCC1(F)F. The summed E-state index contributed by atoms with van der Waals surface area (Å²) >= 11 is 11.9. The summed E-state index contributed by atoms with van der Waals surface area (Å²) in [6, 6.07) is 2.06. The molecule has 2 amide bonds. The van der Waals surface area contributed by atoms with Crippen molar-refractivity contribution in [2.24, 2.45) is 0 Å². The van der Waals surface area contributed by atoms with Gasteiger partial charge in [0.2, 0.25) is 0 Å². The van der Waals surface area contributed by atoms with Crippen LogP contribution in [0.5, 0.6) is 0 Å². The van der Waals surface area contributed by atoms with Crippen LogP contribution in [0, 0.1) is 0 Å². The smallest absolute Gasteiger partial charge is 0.315 e. The summed E-state index contributed by atoms with van der Waals surface area (Å²) in [6.45, 7) is -0.0893. The molecule has 3 N–H and O–H groups in total. The molecule has 1 aromatic carbocycles. The van der Waals surface area contributed by atoms with E-state index in [4.69, 9.17) is 27.9 Å². The number of carbonyl (C=O) groups excluding carboxylic acids is 1. The topological polar surface area (TPSA) is 70.6 Å². The van der Waals surface area contributed by atoms with Gasteiger partial charge in [0.15, 0.2) is 0 Å². The Balaban J connectivity index is 2.06. The van der Waals surface area contributed by atoms with E-state index in [9.17, 15) is 18.7 Å². The molecule has 5 nitrogen and oxygen atoms in total. The van der Waals surface area contributed by atoms with Gasteiger partial charge in [-0.2, -0.15) is 0 Å². The highest BCUT2D eigenvalue weighted by Gasteiger charge is 2.41. The van der Waals surface area contributed by atoms with Crippen LogP contribution >= 0.6 is 23.2 Å². The van der Waals surface area contributed by atoms with Crippen LogP contribution in [0.25, 0.3) is 0 Å². The summed E-state index contributed by atoms with van der Waals surface area (Å²) in [5, 5.41) is 14.9. The first-order chi connectivity index (χ1) is 11.8. The summed E-state index contributed by atoms with van der Waals surface area (Å²) in [5.41, 5.74) is 0.581. The van der Waals surface area contributed by atoms with E-state index in [0.717, 1.165) is 0 Å². The fourth-order valence-corrected chi connectivity index (χ4v) is 3.20. The van der Waals surface area contributed by atoms with Crippen molar-refractivity contribution in [3.8, 4) is 0 Å². The van der Waals surface area contributed by atoms with Gasteiger partial charge in [0, 0.05) is 29.7 Å². The molecule has 1 saturated heterocycles. The van der Waals surface area contributed by atoms with Crippen molar-refractivity contribution in [1.82, 2.24) is 10.6 Å². The van der Waals surface area contributed by atoms with Gasteiger partial charge in [0.25, 0.3) is 5.92 Å². The highest BCUT2D eigenvalue weighted by atomic mass is 35.5. The van der Waals surface area contributed by atoms with Crippen molar-refractivity contribution in [3.63, 3.8) is 0 Å². The quantitative estimate of drug-likeness (QED) is 0.712. The summed E-state index contributed by atoms with van der Waals surface area (Å²) in [6.07, 6.45) is -0.232. The number of urea groups is 1. The van der Waals surface area contributed by atoms with Gasteiger partial charge in [-0.1, -0.05) is 23.2 Å². The zero-order chi connectivity index (χ0) is 18.4. The van der Waals surface area contributed by atoms with E-state index in [-0.39, 0.29) is 32.7 Å². The molecule has 9 heteroatoms. The molecule has 0 bridgehead atoms. The normalized spacial score (nSPS) is 21.2. The lowest BCUT2D eigenvalue weighted by Crippen LogP contribution is -2.51. The third kappa shape index (κ3) is 5.95. The lowest BCUT2D eigenvalue weighted by Gasteiger charge is -2.27. The molecule has 0 aliphatic carbocycles. The molecular weight excluding hydrogens is 377 g/mol. The highest BCUT2D eigenvalue weighted by molar-refractivity contribution is 6.34. The maximum absolute atomic E-state index is 14.0. The number of amides is 2. The molecule has 2 unspecified atom stereocenters. The van der Waals surface area contributed by atoms with Gasteiger partial charge in [0.05, 0.1) is 18.7 Å². The van der Waals surface area contributed by atoms with Crippen LogP contribution in [-0.2, 0) is 4.74 Å². The average Bonchev–Trinajstić information content (AvgIpc) is 2.67. The third-order valence-electron chi connectivity index (χ3n) is 3.96. The molecule has 140 valence electrons. The van der Waals surface area contributed by atoms with Gasteiger partial charge in [-0.05, 0) is 36.6 Å². The number of rotatable bonds is 5. The fraction of sp³-hybridized carbons (Fsp3) is 0.562. The predicted octanol–water partition coefficient (Wildman–Crippen LogP) is 3.53. The van der Waals surface area contributed by atoms with Gasteiger partial charge in [-0.25, -0.2) is 13.6 Å². The molecule has 25 heavy (non-hydrogen) atoms. The monoisotopic (exact) mass is 396 g/mol. The number of hydrogen-bond donors (Lipinski definition) is 3. The van der Waals surface area contributed by atoms with E-state index in [1.807, 2.05) is 0 Å². The Morgan fingerprint density at radius 1 is 1.32 bits per heavy atom. The van der Waals surface area contributed by atoms with Crippen molar-refractivity contribution in [2.45, 2.75) is 37.3 Å². The minimum atomic E-state index is -3.04. The van der Waals surface area contributed by atoms with E-state index in [0.29, 0.717) is 15.6 Å². The van der Waals surface area contributed by atoms with Crippen molar-refractivity contribution in [2.75, 3.05) is 19.8 Å². The van der Waals surface area contributed by atoms with E-state index in [2.05, 4.69) is 10.6 Å². The summed E-state index contributed by atoms with van der Waals surface area (Å²) < 4.78 is 33.1. The number of benzene rings is 1. The molecule has 1 heterocycles. The van der Waals surface area contributed by atoms with Crippen LogP contribution < -0.4 is 10.6 Å². The second-order valence-electron chi connectivity index (χ2n) is 5.85. The highest BCUT2D eigenvalue weighted by Crippen LogP contribution is 2.28. The molecule has 1 aromatic rings. The largest absolute Gasteiger partial charge is 0.396 e. The first-order valence-electron chi connectivity index (χ1n) is 7.91. The number of ether oxygens (including phenoxy) is 1. The number of hydrogen-bond acceptors (Lipinski definition) is 3. The van der Waals surface area contributed by atoms with Crippen LogP contribution in [0.1, 0.15) is 30.9 Å². The molecule has 2 atom stereocenters. The molecule has 1 fully saturated rings. The number of aliphatic hydroxyl groups excluding tert-OH is 1. The Bertz CT molecular complexity index is 584. The van der Waals surface area contributed by atoms with E-state index >= 15 is 0 Å². The number of nitrogens with one attached hydrogen (secondary N) is 2. The second-order valence-corrected chi connectivity index (χ2v) is 6.72. The molecule has 0 radical (unpaired) electrons. The standard InChI is InChI=1S/C16H20Cl2F2N2O3/c17-11-7-10(8-12(18)9-11)13(1-4-23)21-15(24)22-14-2-5-25-6-3-16(14,19)20/h7-9,13-14,23H,1-6H2,(H2,21,22,24). The second kappa shape index (κ2) is 8.98. The molecule has 1 aliphatic heterocycles. The predicted molar refractivity (Wildman–Crippen MR) is 91.4 cm³/mol.